The Balaban J connectivity index is 2.28. The number of piperidine rings is 1. The highest BCUT2D eigenvalue weighted by molar-refractivity contribution is 5.98. The second kappa shape index (κ2) is 5.26. The minimum atomic E-state index is -1.06. The lowest BCUT2D eigenvalue weighted by Gasteiger charge is -2.33. The van der Waals surface area contributed by atoms with Gasteiger partial charge in [-0.1, -0.05) is 0 Å². The molecule has 0 aromatic heterocycles. The predicted octanol–water partition coefficient (Wildman–Crippen LogP) is 1.61. The van der Waals surface area contributed by atoms with Gasteiger partial charge >= 0.3 is 5.97 Å². The van der Waals surface area contributed by atoms with E-state index < -0.39 is 29.5 Å². The summed E-state index contributed by atoms with van der Waals surface area (Å²) in [5.41, 5.74) is -0.0745. The van der Waals surface area contributed by atoms with Gasteiger partial charge in [-0.3, -0.25) is 4.79 Å². The van der Waals surface area contributed by atoms with Crippen LogP contribution in [0.25, 0.3) is 0 Å². The first-order valence-corrected chi connectivity index (χ1v) is 6.03. The van der Waals surface area contributed by atoms with E-state index in [1.165, 1.54) is 11.0 Å². The fraction of sp³-hybridized carbons (Fsp3) is 0.385. The highest BCUT2D eigenvalue weighted by atomic mass is 19.1. The average molecular weight is 267 g/mol. The summed E-state index contributed by atoms with van der Waals surface area (Å²) in [7, 11) is 0. The fourth-order valence-corrected chi connectivity index (χ4v) is 2.27. The number of carbonyl (C=O) groups excluding carboxylic acids is 1. The molecule has 2 rings (SSSR count). The number of carboxylic acids is 1. The van der Waals surface area contributed by atoms with Gasteiger partial charge in [0.25, 0.3) is 5.91 Å². The van der Waals surface area contributed by atoms with E-state index in [-0.39, 0.29) is 5.56 Å². The van der Waals surface area contributed by atoms with Crippen LogP contribution < -0.4 is 0 Å². The number of nitrogens with zero attached hydrogens (tertiary/aromatic N) is 1. The lowest BCUT2D eigenvalue weighted by atomic mass is 10.0. The van der Waals surface area contributed by atoms with Crippen LogP contribution in [0, 0.1) is 5.82 Å². The Morgan fingerprint density at radius 2 is 2.05 bits per heavy atom. The number of aromatic hydroxyl groups is 1. The van der Waals surface area contributed by atoms with Gasteiger partial charge < -0.3 is 15.1 Å². The molecule has 1 aromatic rings. The number of hydrogen-bond acceptors (Lipinski definition) is 3. The van der Waals surface area contributed by atoms with Crippen molar-refractivity contribution in [2.75, 3.05) is 6.54 Å². The summed E-state index contributed by atoms with van der Waals surface area (Å²) in [5.74, 6) is -2.76. The zero-order chi connectivity index (χ0) is 14.0. The van der Waals surface area contributed by atoms with Crippen LogP contribution in [0.4, 0.5) is 4.39 Å². The maximum atomic E-state index is 12.9. The lowest BCUT2D eigenvalue weighted by Crippen LogP contribution is -2.48. The average Bonchev–Trinajstić information content (AvgIpc) is 2.38. The summed E-state index contributed by atoms with van der Waals surface area (Å²) in [6, 6.07) is 2.19. The number of phenolic OH excluding ortho intramolecular Hbond substituents is 1. The fourth-order valence-electron chi connectivity index (χ4n) is 2.27. The Hall–Kier alpha value is -2.11. The van der Waals surface area contributed by atoms with Gasteiger partial charge in [-0.15, -0.1) is 0 Å². The van der Waals surface area contributed by atoms with Crippen molar-refractivity contribution in [2.24, 2.45) is 0 Å². The first-order valence-electron chi connectivity index (χ1n) is 6.03. The summed E-state index contributed by atoms with van der Waals surface area (Å²) >= 11 is 0. The molecule has 1 aliphatic rings. The zero-order valence-corrected chi connectivity index (χ0v) is 10.2. The lowest BCUT2D eigenvalue weighted by molar-refractivity contribution is -0.143. The first kappa shape index (κ1) is 13.3. The smallest absolute Gasteiger partial charge is 0.326 e. The molecule has 0 spiro atoms. The third-order valence-electron chi connectivity index (χ3n) is 3.24. The van der Waals surface area contributed by atoms with Crippen LogP contribution >= 0.6 is 0 Å². The molecular weight excluding hydrogens is 253 g/mol. The molecule has 1 saturated heterocycles. The monoisotopic (exact) mass is 267 g/mol. The molecule has 102 valence electrons. The molecule has 5 nitrogen and oxygen atoms in total. The standard InChI is InChI=1S/C13H14FNO4/c14-8-4-5-9(11(16)7-8)12(17)15-6-2-1-3-10(15)13(18)19/h4-5,7,10,16H,1-3,6H2,(H,18,19)/t10-/m0/s1. The Labute approximate surface area is 109 Å². The molecular formula is C13H14FNO4. The van der Waals surface area contributed by atoms with Crippen molar-refractivity contribution in [1.29, 1.82) is 0 Å². The van der Waals surface area contributed by atoms with Crippen LogP contribution in [-0.4, -0.2) is 39.6 Å². The van der Waals surface area contributed by atoms with Gasteiger partial charge in [-0.05, 0) is 31.4 Å². The highest BCUT2D eigenvalue weighted by Crippen LogP contribution is 2.24. The molecule has 0 unspecified atom stereocenters. The summed E-state index contributed by atoms with van der Waals surface area (Å²) in [4.78, 5) is 24.6. The summed E-state index contributed by atoms with van der Waals surface area (Å²) in [6.07, 6.45) is 1.86. The van der Waals surface area contributed by atoms with Gasteiger partial charge in [0.2, 0.25) is 0 Å². The molecule has 1 aromatic carbocycles. The van der Waals surface area contributed by atoms with E-state index in [0.717, 1.165) is 25.0 Å². The van der Waals surface area contributed by atoms with E-state index in [2.05, 4.69) is 0 Å². The highest BCUT2D eigenvalue weighted by Gasteiger charge is 2.33. The minimum absolute atomic E-state index is 0.0745. The van der Waals surface area contributed by atoms with E-state index in [1.807, 2.05) is 0 Å². The van der Waals surface area contributed by atoms with Crippen LogP contribution in [0.3, 0.4) is 0 Å². The van der Waals surface area contributed by atoms with E-state index >= 15 is 0 Å². The van der Waals surface area contributed by atoms with Gasteiger partial charge in [-0.2, -0.15) is 0 Å². The molecule has 0 aliphatic carbocycles. The summed E-state index contributed by atoms with van der Waals surface area (Å²) < 4.78 is 12.9. The van der Waals surface area contributed by atoms with Crippen LogP contribution in [0.15, 0.2) is 18.2 Å². The summed E-state index contributed by atoms with van der Waals surface area (Å²) in [5, 5.41) is 18.7. The molecule has 2 N–H and O–H groups in total. The van der Waals surface area contributed by atoms with Crippen molar-refractivity contribution in [1.82, 2.24) is 4.90 Å². The number of benzene rings is 1. The normalized spacial score (nSPS) is 19.2. The van der Waals surface area contributed by atoms with Gasteiger partial charge in [-0.25, -0.2) is 9.18 Å². The number of hydrogen-bond donors (Lipinski definition) is 2. The maximum absolute atomic E-state index is 12.9. The van der Waals surface area contributed by atoms with Crippen molar-refractivity contribution >= 4 is 11.9 Å². The molecule has 1 amide bonds. The Morgan fingerprint density at radius 1 is 1.32 bits per heavy atom. The number of amides is 1. The molecule has 1 aliphatic heterocycles. The Kier molecular flexibility index (Phi) is 3.69. The van der Waals surface area contributed by atoms with Crippen molar-refractivity contribution in [2.45, 2.75) is 25.3 Å². The van der Waals surface area contributed by atoms with Crippen LogP contribution in [0.2, 0.25) is 0 Å². The molecule has 1 fully saturated rings. The van der Waals surface area contributed by atoms with Crippen LogP contribution in [-0.2, 0) is 4.79 Å². The second-order valence-corrected chi connectivity index (χ2v) is 4.51. The van der Waals surface area contributed by atoms with Gasteiger partial charge in [0.15, 0.2) is 0 Å². The zero-order valence-electron chi connectivity index (χ0n) is 10.2. The quantitative estimate of drug-likeness (QED) is 0.853. The number of rotatable bonds is 2. The number of phenols is 1. The predicted molar refractivity (Wildman–Crippen MR) is 64.4 cm³/mol. The van der Waals surface area contributed by atoms with Gasteiger partial charge in [0, 0.05) is 12.6 Å². The van der Waals surface area contributed by atoms with E-state index in [0.29, 0.717) is 13.0 Å². The molecule has 0 saturated carbocycles. The minimum Gasteiger partial charge on any atom is -0.507 e. The van der Waals surface area contributed by atoms with Crippen molar-refractivity contribution in [3.8, 4) is 5.75 Å². The van der Waals surface area contributed by atoms with E-state index in [4.69, 9.17) is 5.11 Å². The second-order valence-electron chi connectivity index (χ2n) is 4.51. The van der Waals surface area contributed by atoms with Gasteiger partial charge in [0.1, 0.15) is 17.6 Å². The largest absolute Gasteiger partial charge is 0.507 e. The molecule has 6 heteroatoms. The topological polar surface area (TPSA) is 77.8 Å². The number of likely N-dealkylation sites (tertiary alicyclic amines) is 1. The Morgan fingerprint density at radius 3 is 2.68 bits per heavy atom. The molecule has 0 bridgehead atoms. The number of aliphatic carboxylic acids is 1. The molecule has 0 radical (unpaired) electrons. The van der Waals surface area contributed by atoms with E-state index in [9.17, 15) is 19.1 Å². The number of carboxylic acid groups (broad SMARTS) is 1. The molecule has 19 heavy (non-hydrogen) atoms. The third kappa shape index (κ3) is 2.67. The van der Waals surface area contributed by atoms with Gasteiger partial charge in [0.05, 0.1) is 5.56 Å². The van der Waals surface area contributed by atoms with Crippen molar-refractivity contribution in [3.63, 3.8) is 0 Å². The Bertz CT molecular complexity index is 517. The van der Waals surface area contributed by atoms with Crippen LogP contribution in [0.5, 0.6) is 5.75 Å². The third-order valence-corrected chi connectivity index (χ3v) is 3.24. The first-order chi connectivity index (χ1) is 9.00. The SMILES string of the molecule is O=C(O)[C@@H]1CCCCN1C(=O)c1ccc(F)cc1O. The molecule has 1 heterocycles. The maximum Gasteiger partial charge on any atom is 0.326 e. The number of carbonyl (C=O) groups is 2. The van der Waals surface area contributed by atoms with Crippen molar-refractivity contribution < 1.29 is 24.2 Å². The van der Waals surface area contributed by atoms with Crippen LogP contribution in [0.1, 0.15) is 29.6 Å². The van der Waals surface area contributed by atoms with Crippen molar-refractivity contribution in [3.05, 3.63) is 29.6 Å². The molecule has 1 atom stereocenters. The van der Waals surface area contributed by atoms with E-state index in [1.54, 1.807) is 0 Å². The number of halogens is 1. The summed E-state index contributed by atoms with van der Waals surface area (Å²) in [6.45, 7) is 0.326.